The van der Waals surface area contributed by atoms with E-state index in [1.807, 2.05) is 6.92 Å². The van der Waals surface area contributed by atoms with Crippen LogP contribution in [0.1, 0.15) is 24.9 Å². The summed E-state index contributed by atoms with van der Waals surface area (Å²) in [4.78, 5) is 10.9. The van der Waals surface area contributed by atoms with Crippen molar-refractivity contribution >= 4 is 5.97 Å². The van der Waals surface area contributed by atoms with Gasteiger partial charge in [0.25, 0.3) is 0 Å². The van der Waals surface area contributed by atoms with E-state index in [0.717, 1.165) is 5.56 Å². The van der Waals surface area contributed by atoms with E-state index < -0.39 is 5.97 Å². The van der Waals surface area contributed by atoms with Crippen LogP contribution >= 0.6 is 0 Å². The topological polar surface area (TPSA) is 77.0 Å². The summed E-state index contributed by atoms with van der Waals surface area (Å²) in [5.74, 6) is 0.848. The zero-order chi connectivity index (χ0) is 13.8. The van der Waals surface area contributed by atoms with Gasteiger partial charge in [0, 0.05) is 6.04 Å². The van der Waals surface area contributed by atoms with Gasteiger partial charge in [0.2, 0.25) is 12.5 Å². The molecule has 0 spiro atoms. The molecule has 0 aliphatic carbocycles. The van der Waals surface area contributed by atoms with E-state index in [0.29, 0.717) is 23.8 Å². The third-order valence-corrected chi connectivity index (χ3v) is 2.91. The van der Waals surface area contributed by atoms with E-state index in [1.54, 1.807) is 19.2 Å². The fourth-order valence-electron chi connectivity index (χ4n) is 2.08. The van der Waals surface area contributed by atoms with Gasteiger partial charge in [-0.25, -0.2) is 0 Å². The number of fused-ring (bicyclic) bond motifs is 1. The van der Waals surface area contributed by atoms with Crippen molar-refractivity contribution in [3.8, 4) is 17.2 Å². The number of methoxy groups -OCH3 is 1. The molecule has 0 saturated carbocycles. The number of benzene rings is 1. The SMILES string of the molecule is CCNC(CC(=O)O)c1cc(OC)c2c(c1)OCO2. The molecule has 6 heteroatoms. The van der Waals surface area contributed by atoms with Crippen LogP contribution in [0.4, 0.5) is 0 Å². The summed E-state index contributed by atoms with van der Waals surface area (Å²) in [6.45, 7) is 2.76. The molecule has 1 atom stereocenters. The molecule has 0 fully saturated rings. The molecule has 1 aromatic rings. The van der Waals surface area contributed by atoms with Crippen LogP contribution in [-0.2, 0) is 4.79 Å². The maximum Gasteiger partial charge on any atom is 0.305 e. The van der Waals surface area contributed by atoms with Gasteiger partial charge in [-0.05, 0) is 24.2 Å². The minimum atomic E-state index is -0.859. The molecule has 0 saturated heterocycles. The molecule has 1 heterocycles. The van der Waals surface area contributed by atoms with Crippen LogP contribution in [0, 0.1) is 0 Å². The predicted octanol–water partition coefficient (Wildman–Crippen LogP) is 1.55. The number of aliphatic carboxylic acids is 1. The van der Waals surface area contributed by atoms with Gasteiger partial charge in [-0.3, -0.25) is 4.79 Å². The van der Waals surface area contributed by atoms with Crippen molar-refractivity contribution < 1.29 is 24.1 Å². The molecule has 0 bridgehead atoms. The Hall–Kier alpha value is -1.95. The summed E-state index contributed by atoms with van der Waals surface area (Å²) in [6, 6.07) is 3.29. The Bertz CT molecular complexity index is 474. The maximum atomic E-state index is 10.9. The van der Waals surface area contributed by atoms with E-state index in [2.05, 4.69) is 5.32 Å². The maximum absolute atomic E-state index is 10.9. The molecule has 2 N–H and O–H groups in total. The van der Waals surface area contributed by atoms with E-state index in [9.17, 15) is 4.79 Å². The predicted molar refractivity (Wildman–Crippen MR) is 67.8 cm³/mol. The first-order valence-electron chi connectivity index (χ1n) is 6.08. The van der Waals surface area contributed by atoms with Gasteiger partial charge in [-0.2, -0.15) is 0 Å². The molecule has 0 amide bonds. The lowest BCUT2D eigenvalue weighted by atomic mass is 10.0. The largest absolute Gasteiger partial charge is 0.493 e. The van der Waals surface area contributed by atoms with Crippen molar-refractivity contribution in [3.05, 3.63) is 17.7 Å². The number of carbonyl (C=O) groups is 1. The summed E-state index contributed by atoms with van der Waals surface area (Å²) >= 11 is 0. The van der Waals surface area contributed by atoms with Crippen LogP contribution in [0.5, 0.6) is 17.2 Å². The minimum absolute atomic E-state index is 0.00334. The highest BCUT2D eigenvalue weighted by Gasteiger charge is 2.23. The van der Waals surface area contributed by atoms with Gasteiger partial charge >= 0.3 is 5.97 Å². The Labute approximate surface area is 111 Å². The van der Waals surface area contributed by atoms with Gasteiger partial charge in [-0.15, -0.1) is 0 Å². The second-order valence-corrected chi connectivity index (χ2v) is 4.17. The number of hydrogen-bond acceptors (Lipinski definition) is 5. The quantitative estimate of drug-likeness (QED) is 0.814. The zero-order valence-electron chi connectivity index (χ0n) is 10.9. The first kappa shape index (κ1) is 13.5. The third kappa shape index (κ3) is 2.90. The standard InChI is InChI=1S/C13H17NO5/c1-3-14-9(6-12(15)16)8-4-10(17-2)13-11(5-8)18-7-19-13/h4-5,9,14H,3,6-7H2,1-2H3,(H,15,16). The molecule has 2 rings (SSSR count). The molecular weight excluding hydrogens is 250 g/mol. The van der Waals surface area contributed by atoms with Gasteiger partial charge in [-0.1, -0.05) is 6.92 Å². The van der Waals surface area contributed by atoms with Crippen LogP contribution in [-0.4, -0.2) is 31.5 Å². The van der Waals surface area contributed by atoms with Crippen molar-refractivity contribution in [2.45, 2.75) is 19.4 Å². The molecule has 1 unspecified atom stereocenters. The normalized spacial score (nSPS) is 14.2. The Balaban J connectivity index is 2.34. The smallest absolute Gasteiger partial charge is 0.305 e. The summed E-state index contributed by atoms with van der Waals surface area (Å²) in [6.07, 6.45) is -0.00334. The van der Waals surface area contributed by atoms with Crippen LogP contribution < -0.4 is 19.5 Å². The fraction of sp³-hybridized carbons (Fsp3) is 0.462. The summed E-state index contributed by atoms with van der Waals surface area (Å²) < 4.78 is 15.9. The molecule has 1 aliphatic heterocycles. The first-order valence-corrected chi connectivity index (χ1v) is 6.08. The Morgan fingerprint density at radius 2 is 2.32 bits per heavy atom. The van der Waals surface area contributed by atoms with E-state index in [-0.39, 0.29) is 19.3 Å². The summed E-state index contributed by atoms with van der Waals surface area (Å²) in [5.41, 5.74) is 0.811. The average molecular weight is 267 g/mol. The number of hydrogen-bond donors (Lipinski definition) is 2. The van der Waals surface area contributed by atoms with Crippen LogP contribution in [0.25, 0.3) is 0 Å². The van der Waals surface area contributed by atoms with Gasteiger partial charge in [0.05, 0.1) is 13.5 Å². The van der Waals surface area contributed by atoms with Crippen LogP contribution in [0.15, 0.2) is 12.1 Å². The van der Waals surface area contributed by atoms with Crippen molar-refractivity contribution in [1.82, 2.24) is 5.32 Å². The summed E-state index contributed by atoms with van der Waals surface area (Å²) in [5, 5.41) is 12.1. The Morgan fingerprint density at radius 3 is 2.95 bits per heavy atom. The molecule has 0 aromatic heterocycles. The molecule has 1 aromatic carbocycles. The molecule has 0 radical (unpaired) electrons. The second kappa shape index (κ2) is 5.79. The van der Waals surface area contributed by atoms with Gasteiger partial charge in [0.1, 0.15) is 0 Å². The number of rotatable bonds is 6. The lowest BCUT2D eigenvalue weighted by Gasteiger charge is -2.17. The highest BCUT2D eigenvalue weighted by molar-refractivity contribution is 5.68. The van der Waals surface area contributed by atoms with Crippen molar-refractivity contribution in [2.75, 3.05) is 20.4 Å². The van der Waals surface area contributed by atoms with Crippen molar-refractivity contribution in [3.63, 3.8) is 0 Å². The van der Waals surface area contributed by atoms with Crippen molar-refractivity contribution in [1.29, 1.82) is 0 Å². The van der Waals surface area contributed by atoms with E-state index in [1.165, 1.54) is 0 Å². The number of nitrogens with one attached hydrogen (secondary N) is 1. The third-order valence-electron chi connectivity index (χ3n) is 2.91. The van der Waals surface area contributed by atoms with Crippen molar-refractivity contribution in [2.24, 2.45) is 0 Å². The number of ether oxygens (including phenoxy) is 3. The number of carboxylic acids is 1. The Kier molecular flexibility index (Phi) is 4.11. The lowest BCUT2D eigenvalue weighted by Crippen LogP contribution is -2.23. The van der Waals surface area contributed by atoms with Crippen LogP contribution in [0.3, 0.4) is 0 Å². The fourth-order valence-corrected chi connectivity index (χ4v) is 2.08. The molecule has 1 aliphatic rings. The highest BCUT2D eigenvalue weighted by atomic mass is 16.7. The van der Waals surface area contributed by atoms with E-state index in [4.69, 9.17) is 19.3 Å². The number of carboxylic acid groups (broad SMARTS) is 1. The first-order chi connectivity index (χ1) is 9.15. The minimum Gasteiger partial charge on any atom is -0.493 e. The lowest BCUT2D eigenvalue weighted by molar-refractivity contribution is -0.137. The monoisotopic (exact) mass is 267 g/mol. The molecule has 19 heavy (non-hydrogen) atoms. The molecular formula is C13H17NO5. The summed E-state index contributed by atoms with van der Waals surface area (Å²) in [7, 11) is 1.54. The van der Waals surface area contributed by atoms with E-state index >= 15 is 0 Å². The Morgan fingerprint density at radius 1 is 1.53 bits per heavy atom. The molecule has 104 valence electrons. The highest BCUT2D eigenvalue weighted by Crippen LogP contribution is 2.43. The van der Waals surface area contributed by atoms with Gasteiger partial charge in [0.15, 0.2) is 11.5 Å². The zero-order valence-corrected chi connectivity index (χ0v) is 10.9. The second-order valence-electron chi connectivity index (χ2n) is 4.17. The van der Waals surface area contributed by atoms with Crippen LogP contribution in [0.2, 0.25) is 0 Å². The molecule has 6 nitrogen and oxygen atoms in total. The average Bonchev–Trinajstić information content (AvgIpc) is 2.84. The van der Waals surface area contributed by atoms with Gasteiger partial charge < -0.3 is 24.6 Å².